The highest BCUT2D eigenvalue weighted by atomic mass is 31.0. The number of ketones is 1. The van der Waals surface area contributed by atoms with Gasteiger partial charge in [-0.25, -0.2) is 0 Å². The van der Waals surface area contributed by atoms with Crippen molar-refractivity contribution in [3.05, 3.63) is 34.4 Å². The van der Waals surface area contributed by atoms with E-state index in [0.717, 1.165) is 35.1 Å². The lowest BCUT2D eigenvalue weighted by Crippen LogP contribution is -2.50. The molecule has 2 unspecified atom stereocenters. The quantitative estimate of drug-likeness (QED) is 0.497. The molecule has 27 heavy (non-hydrogen) atoms. The molecular formula is C22H34O4P+. The van der Waals surface area contributed by atoms with Gasteiger partial charge in [-0.1, -0.05) is 49.0 Å². The Morgan fingerprint density at radius 1 is 1.11 bits per heavy atom. The van der Waals surface area contributed by atoms with Crippen molar-refractivity contribution in [1.29, 1.82) is 0 Å². The molecule has 4 nitrogen and oxygen atoms in total. The molecule has 0 aliphatic heterocycles. The number of carbonyl (C=O) groups excluding carboxylic acids is 1. The predicted molar refractivity (Wildman–Crippen MR) is 111 cm³/mol. The molecule has 5 heteroatoms. The second-order valence-corrected chi connectivity index (χ2v) is 8.63. The van der Waals surface area contributed by atoms with Crippen LogP contribution in [0, 0.1) is 37.5 Å². The van der Waals surface area contributed by atoms with Crippen molar-refractivity contribution >= 4 is 20.9 Å². The first-order valence-corrected chi connectivity index (χ1v) is 10.1. The summed E-state index contributed by atoms with van der Waals surface area (Å²) >= 11 is 0. The standard InChI is InChI=1S/C22H32O3.H2OP/c1-14(2)13-21(6,20(24)25)22(9-7-8-10-22)19(23)18-16(4)11-15(3)12-17(18)5;1-2/h11-12,14H,7-10,13H2,1-6H3,(H,24,25);2H2/q;+1. The van der Waals surface area contributed by atoms with E-state index in [-0.39, 0.29) is 11.7 Å². The van der Waals surface area contributed by atoms with Gasteiger partial charge in [0, 0.05) is 11.0 Å². The maximum absolute atomic E-state index is 13.8. The molecule has 0 spiro atoms. The van der Waals surface area contributed by atoms with Gasteiger partial charge < -0.3 is 5.11 Å². The van der Waals surface area contributed by atoms with Crippen molar-refractivity contribution in [1.82, 2.24) is 0 Å². The Bertz CT molecular complexity index is 681. The van der Waals surface area contributed by atoms with Gasteiger partial charge in [-0.15, -0.1) is 0 Å². The van der Waals surface area contributed by atoms with Crippen LogP contribution in [0.25, 0.3) is 0 Å². The third kappa shape index (κ3) is 4.32. The molecule has 1 fully saturated rings. The molecule has 0 heterocycles. The van der Waals surface area contributed by atoms with E-state index in [4.69, 9.17) is 4.57 Å². The first-order valence-electron chi connectivity index (χ1n) is 9.65. The van der Waals surface area contributed by atoms with Gasteiger partial charge in [-0.3, -0.25) is 9.59 Å². The van der Waals surface area contributed by atoms with E-state index in [1.54, 1.807) is 6.92 Å². The highest BCUT2D eigenvalue weighted by Crippen LogP contribution is 2.56. The van der Waals surface area contributed by atoms with E-state index in [9.17, 15) is 14.7 Å². The molecule has 1 saturated carbocycles. The molecule has 1 aromatic carbocycles. The summed E-state index contributed by atoms with van der Waals surface area (Å²) in [6, 6.07) is 4.06. The summed E-state index contributed by atoms with van der Waals surface area (Å²) in [6.45, 7) is 11.8. The molecule has 0 bridgehead atoms. The summed E-state index contributed by atoms with van der Waals surface area (Å²) in [6.07, 6.45) is 3.73. The third-order valence-electron chi connectivity index (χ3n) is 6.14. The molecular weight excluding hydrogens is 359 g/mol. The zero-order chi connectivity index (χ0) is 21.0. The van der Waals surface area contributed by atoms with E-state index in [1.807, 2.05) is 46.8 Å². The summed E-state index contributed by atoms with van der Waals surface area (Å²) in [5.41, 5.74) is 1.97. The normalized spacial score (nSPS) is 17.7. The van der Waals surface area contributed by atoms with Crippen LogP contribution in [0.5, 0.6) is 0 Å². The van der Waals surface area contributed by atoms with Crippen LogP contribution in [0.15, 0.2) is 12.1 Å². The lowest BCUT2D eigenvalue weighted by atomic mass is 9.56. The van der Waals surface area contributed by atoms with E-state index in [0.29, 0.717) is 19.3 Å². The van der Waals surface area contributed by atoms with Crippen molar-refractivity contribution in [2.24, 2.45) is 16.7 Å². The second kappa shape index (κ2) is 9.10. The molecule has 0 saturated heterocycles. The summed E-state index contributed by atoms with van der Waals surface area (Å²) in [5.74, 6) is -0.559. The molecule has 2 rings (SSSR count). The number of rotatable bonds is 6. The number of benzene rings is 1. The van der Waals surface area contributed by atoms with Crippen LogP contribution < -0.4 is 0 Å². The Morgan fingerprint density at radius 3 is 1.93 bits per heavy atom. The number of carboxylic acids is 1. The number of Topliss-reactive ketones (excluding diaryl/α,β-unsaturated/α-hetero) is 1. The van der Waals surface area contributed by atoms with E-state index >= 15 is 0 Å². The van der Waals surface area contributed by atoms with Crippen LogP contribution in [0.4, 0.5) is 0 Å². The Labute approximate surface area is 165 Å². The topological polar surface area (TPSA) is 71.4 Å². The first kappa shape index (κ1) is 23.5. The van der Waals surface area contributed by atoms with Crippen LogP contribution in [0.2, 0.25) is 0 Å². The zero-order valence-corrected chi connectivity index (χ0v) is 18.7. The van der Waals surface area contributed by atoms with E-state index < -0.39 is 16.8 Å². The number of carbonyl (C=O) groups is 2. The fourth-order valence-electron chi connectivity index (χ4n) is 5.09. The Balaban J connectivity index is 0.00000176. The molecule has 1 N–H and O–H groups in total. The van der Waals surface area contributed by atoms with Crippen LogP contribution in [-0.2, 0) is 9.36 Å². The summed E-state index contributed by atoms with van der Waals surface area (Å²) in [7, 11) is 1.17. The summed E-state index contributed by atoms with van der Waals surface area (Å²) < 4.78 is 8.17. The maximum atomic E-state index is 13.8. The molecule has 0 amide bonds. The molecule has 1 aliphatic carbocycles. The van der Waals surface area contributed by atoms with Crippen molar-refractivity contribution in [3.8, 4) is 0 Å². The number of carboxylic acid groups (broad SMARTS) is 1. The highest BCUT2D eigenvalue weighted by molar-refractivity contribution is 7.00. The van der Waals surface area contributed by atoms with Crippen molar-refractivity contribution in [2.45, 2.75) is 73.6 Å². The SMILES string of the molecule is Cc1cc(C)c(C(=O)C2(C(C)(CC(C)C)C(=O)O)CCCC2)c(C)c1.O=[PH2+]. The van der Waals surface area contributed by atoms with Gasteiger partial charge in [0.2, 0.25) is 0 Å². The molecule has 1 aromatic rings. The van der Waals surface area contributed by atoms with Crippen LogP contribution in [0.3, 0.4) is 0 Å². The molecule has 0 radical (unpaired) electrons. The molecule has 150 valence electrons. The maximum Gasteiger partial charge on any atom is 0.310 e. The van der Waals surface area contributed by atoms with Gasteiger partial charge >= 0.3 is 15.1 Å². The van der Waals surface area contributed by atoms with Gasteiger partial charge in [0.15, 0.2) is 5.78 Å². The minimum atomic E-state index is -1.03. The fraction of sp³-hybridized carbons (Fsp3) is 0.636. The summed E-state index contributed by atoms with van der Waals surface area (Å²) in [4.78, 5) is 26.1. The summed E-state index contributed by atoms with van der Waals surface area (Å²) in [5, 5.41) is 10.1. The number of hydrogen-bond donors (Lipinski definition) is 1. The largest absolute Gasteiger partial charge is 0.481 e. The van der Waals surface area contributed by atoms with Gasteiger partial charge in [0.25, 0.3) is 0 Å². The number of hydrogen-bond acceptors (Lipinski definition) is 3. The van der Waals surface area contributed by atoms with Crippen molar-refractivity contribution < 1.29 is 19.3 Å². The van der Waals surface area contributed by atoms with Gasteiger partial charge in [-0.2, -0.15) is 0 Å². The molecule has 2 atom stereocenters. The highest BCUT2D eigenvalue weighted by Gasteiger charge is 2.59. The average Bonchev–Trinajstić information content (AvgIpc) is 3.06. The Kier molecular flexibility index (Phi) is 7.92. The minimum absolute atomic E-state index is 0.0468. The first-order chi connectivity index (χ1) is 12.5. The van der Waals surface area contributed by atoms with Gasteiger partial charge in [0.05, 0.1) is 5.41 Å². The van der Waals surface area contributed by atoms with Crippen molar-refractivity contribution in [3.63, 3.8) is 0 Å². The van der Waals surface area contributed by atoms with Crippen LogP contribution >= 0.6 is 9.12 Å². The zero-order valence-electron chi connectivity index (χ0n) is 17.5. The monoisotopic (exact) mass is 393 g/mol. The third-order valence-corrected chi connectivity index (χ3v) is 6.14. The molecule has 1 aliphatic rings. The second-order valence-electron chi connectivity index (χ2n) is 8.63. The van der Waals surface area contributed by atoms with Gasteiger partial charge in [-0.05, 0) is 64.0 Å². The fourth-order valence-corrected chi connectivity index (χ4v) is 5.09. The Hall–Kier alpha value is -1.54. The van der Waals surface area contributed by atoms with E-state index in [2.05, 4.69) is 0 Å². The molecule has 0 aromatic heterocycles. The number of aliphatic carboxylic acids is 1. The number of aryl methyl sites for hydroxylation is 3. The lowest BCUT2D eigenvalue weighted by molar-refractivity contribution is -0.156. The minimum Gasteiger partial charge on any atom is -0.481 e. The lowest BCUT2D eigenvalue weighted by Gasteiger charge is -2.44. The van der Waals surface area contributed by atoms with Crippen LogP contribution in [0.1, 0.15) is 79.9 Å². The Morgan fingerprint density at radius 2 is 1.56 bits per heavy atom. The average molecular weight is 393 g/mol. The van der Waals surface area contributed by atoms with Gasteiger partial charge in [0.1, 0.15) is 0 Å². The van der Waals surface area contributed by atoms with E-state index in [1.165, 1.54) is 9.12 Å². The smallest absolute Gasteiger partial charge is 0.310 e. The van der Waals surface area contributed by atoms with Crippen molar-refractivity contribution in [2.75, 3.05) is 0 Å². The van der Waals surface area contributed by atoms with Crippen LogP contribution in [-0.4, -0.2) is 16.9 Å². The predicted octanol–water partition coefficient (Wildman–Crippen LogP) is 5.70.